The van der Waals surface area contributed by atoms with E-state index in [2.05, 4.69) is 14.9 Å². The van der Waals surface area contributed by atoms with Crippen molar-refractivity contribution >= 4 is 30.6 Å². The van der Waals surface area contributed by atoms with Gasteiger partial charge in [-0.2, -0.15) is 0 Å². The molecule has 0 radical (unpaired) electrons. The molecule has 1 aromatic rings. The highest BCUT2D eigenvalue weighted by molar-refractivity contribution is 5.85. The Hall–Kier alpha value is -0.580. The molecule has 0 bridgehead atoms. The molecule has 1 aliphatic rings. The molecule has 0 saturated carbocycles. The first kappa shape index (κ1) is 13.4. The lowest BCUT2D eigenvalue weighted by Crippen LogP contribution is -2.26. The highest BCUT2D eigenvalue weighted by Crippen LogP contribution is 2.14. The van der Waals surface area contributed by atoms with Crippen molar-refractivity contribution in [2.45, 2.75) is 12.5 Å². The fourth-order valence-electron chi connectivity index (χ4n) is 1.47. The predicted molar refractivity (Wildman–Crippen MR) is 61.3 cm³/mol. The van der Waals surface area contributed by atoms with E-state index in [0.717, 1.165) is 25.3 Å². The van der Waals surface area contributed by atoms with E-state index < -0.39 is 0 Å². The fraction of sp³-hybridized carbons (Fsp3) is 0.500. The van der Waals surface area contributed by atoms with Crippen LogP contribution in [0.1, 0.15) is 6.42 Å². The molecule has 6 heteroatoms. The van der Waals surface area contributed by atoms with E-state index in [1.807, 2.05) is 6.07 Å². The topological polar surface area (TPSA) is 55.0 Å². The Morgan fingerprint density at radius 1 is 1.43 bits per heavy atom. The van der Waals surface area contributed by atoms with Crippen molar-refractivity contribution < 1.29 is 0 Å². The van der Waals surface area contributed by atoms with Crippen molar-refractivity contribution in [1.82, 2.24) is 9.97 Å². The van der Waals surface area contributed by atoms with Crippen LogP contribution in [0.3, 0.4) is 0 Å². The van der Waals surface area contributed by atoms with E-state index in [1.165, 1.54) is 0 Å². The number of hydrogen-bond donors (Lipinski definition) is 1. The molecule has 2 heterocycles. The Morgan fingerprint density at radius 3 is 2.71 bits per heavy atom. The van der Waals surface area contributed by atoms with Gasteiger partial charge in [-0.1, -0.05) is 0 Å². The first-order valence-electron chi connectivity index (χ1n) is 4.13. The van der Waals surface area contributed by atoms with Gasteiger partial charge in [0.05, 0.1) is 0 Å². The zero-order valence-corrected chi connectivity index (χ0v) is 9.30. The molecule has 1 saturated heterocycles. The summed E-state index contributed by atoms with van der Waals surface area (Å²) in [5.41, 5.74) is 5.78. The number of hydrogen-bond acceptors (Lipinski definition) is 4. The molecule has 0 amide bonds. The van der Waals surface area contributed by atoms with E-state index in [-0.39, 0.29) is 24.8 Å². The largest absolute Gasteiger partial charge is 0.355 e. The van der Waals surface area contributed by atoms with Gasteiger partial charge in [0.2, 0.25) is 0 Å². The van der Waals surface area contributed by atoms with Gasteiger partial charge in [0.25, 0.3) is 0 Å². The fourth-order valence-corrected chi connectivity index (χ4v) is 1.47. The Morgan fingerprint density at radius 2 is 2.21 bits per heavy atom. The minimum Gasteiger partial charge on any atom is -0.355 e. The second kappa shape index (κ2) is 6.01. The van der Waals surface area contributed by atoms with Crippen LogP contribution in [0.2, 0.25) is 0 Å². The third kappa shape index (κ3) is 2.97. The van der Waals surface area contributed by atoms with Crippen LogP contribution in [0.15, 0.2) is 18.6 Å². The molecule has 0 aliphatic carbocycles. The number of nitrogens with zero attached hydrogens (tertiary/aromatic N) is 3. The lowest BCUT2D eigenvalue weighted by atomic mass is 10.3. The molecule has 1 aromatic heterocycles. The van der Waals surface area contributed by atoms with Crippen molar-refractivity contribution in [1.29, 1.82) is 0 Å². The normalized spacial score (nSPS) is 19.8. The van der Waals surface area contributed by atoms with Gasteiger partial charge in [0, 0.05) is 25.3 Å². The number of anilines is 1. The van der Waals surface area contributed by atoms with Gasteiger partial charge in [-0.3, -0.25) is 0 Å². The van der Waals surface area contributed by atoms with Crippen LogP contribution in [0, 0.1) is 0 Å². The number of aromatic nitrogens is 2. The quantitative estimate of drug-likeness (QED) is 0.787. The summed E-state index contributed by atoms with van der Waals surface area (Å²) in [4.78, 5) is 10.2. The van der Waals surface area contributed by atoms with E-state index in [0.29, 0.717) is 6.04 Å². The molecule has 1 unspecified atom stereocenters. The Balaban J connectivity index is 0.000000845. The Labute approximate surface area is 95.7 Å². The monoisotopic (exact) mass is 236 g/mol. The molecule has 2 N–H and O–H groups in total. The summed E-state index contributed by atoms with van der Waals surface area (Å²) in [6.45, 7) is 1.93. The average Bonchev–Trinajstić information content (AvgIpc) is 2.54. The molecular weight excluding hydrogens is 223 g/mol. The van der Waals surface area contributed by atoms with Gasteiger partial charge in [0.15, 0.2) is 0 Å². The summed E-state index contributed by atoms with van der Waals surface area (Å²) < 4.78 is 0. The molecule has 1 atom stereocenters. The molecule has 14 heavy (non-hydrogen) atoms. The van der Waals surface area contributed by atoms with Gasteiger partial charge < -0.3 is 10.6 Å². The third-order valence-electron chi connectivity index (χ3n) is 2.12. The van der Waals surface area contributed by atoms with Gasteiger partial charge in [-0.15, -0.1) is 24.8 Å². The van der Waals surface area contributed by atoms with Crippen LogP contribution in [0.4, 0.5) is 5.82 Å². The van der Waals surface area contributed by atoms with Crippen molar-refractivity contribution in [3.63, 3.8) is 0 Å². The number of halogens is 2. The maximum Gasteiger partial charge on any atom is 0.131 e. The smallest absolute Gasteiger partial charge is 0.131 e. The minimum atomic E-state index is 0. The van der Waals surface area contributed by atoms with Gasteiger partial charge in [0.1, 0.15) is 12.1 Å². The first-order chi connectivity index (χ1) is 5.86. The maximum atomic E-state index is 5.78. The summed E-state index contributed by atoms with van der Waals surface area (Å²) in [7, 11) is 0. The summed E-state index contributed by atoms with van der Waals surface area (Å²) in [6.07, 6.45) is 4.38. The van der Waals surface area contributed by atoms with Crippen molar-refractivity contribution in [3.05, 3.63) is 18.6 Å². The predicted octanol–water partition coefficient (Wildman–Crippen LogP) is 0.858. The summed E-state index contributed by atoms with van der Waals surface area (Å²) in [5, 5.41) is 0. The van der Waals surface area contributed by atoms with E-state index >= 15 is 0 Å². The van der Waals surface area contributed by atoms with Gasteiger partial charge in [-0.05, 0) is 12.5 Å². The van der Waals surface area contributed by atoms with Crippen LogP contribution in [0.5, 0.6) is 0 Å². The molecule has 2 rings (SSSR count). The highest BCUT2D eigenvalue weighted by Gasteiger charge is 2.19. The Kier molecular flexibility index (Phi) is 5.76. The summed E-state index contributed by atoms with van der Waals surface area (Å²) >= 11 is 0. The average molecular weight is 237 g/mol. The lowest BCUT2D eigenvalue weighted by molar-refractivity contribution is 0.751. The maximum absolute atomic E-state index is 5.78. The molecule has 4 nitrogen and oxygen atoms in total. The zero-order chi connectivity index (χ0) is 8.39. The van der Waals surface area contributed by atoms with Gasteiger partial charge >= 0.3 is 0 Å². The van der Waals surface area contributed by atoms with Crippen LogP contribution >= 0.6 is 24.8 Å². The van der Waals surface area contributed by atoms with Gasteiger partial charge in [-0.25, -0.2) is 9.97 Å². The van der Waals surface area contributed by atoms with Crippen LogP contribution in [-0.2, 0) is 0 Å². The van der Waals surface area contributed by atoms with E-state index in [1.54, 1.807) is 12.5 Å². The summed E-state index contributed by atoms with van der Waals surface area (Å²) in [6, 6.07) is 2.22. The standard InChI is InChI=1S/C8H12N4.2ClH/c9-7-2-4-12(5-7)8-1-3-10-6-11-8;;/h1,3,6-7H,2,4-5,9H2;2*1H. The second-order valence-corrected chi connectivity index (χ2v) is 3.06. The molecular formula is C8H14Cl2N4. The molecule has 0 aromatic carbocycles. The van der Waals surface area contributed by atoms with Crippen LogP contribution in [-0.4, -0.2) is 29.1 Å². The molecule has 1 aliphatic heterocycles. The van der Waals surface area contributed by atoms with Crippen LogP contribution in [0.25, 0.3) is 0 Å². The van der Waals surface area contributed by atoms with Crippen LogP contribution < -0.4 is 10.6 Å². The number of nitrogens with two attached hydrogens (primary N) is 1. The number of rotatable bonds is 1. The third-order valence-corrected chi connectivity index (χ3v) is 2.12. The zero-order valence-electron chi connectivity index (χ0n) is 7.67. The van der Waals surface area contributed by atoms with Crippen molar-refractivity contribution in [2.24, 2.45) is 5.73 Å². The Bertz CT molecular complexity index is 257. The molecule has 0 spiro atoms. The van der Waals surface area contributed by atoms with Crippen molar-refractivity contribution in [3.8, 4) is 0 Å². The molecule has 80 valence electrons. The highest BCUT2D eigenvalue weighted by atomic mass is 35.5. The lowest BCUT2D eigenvalue weighted by Gasteiger charge is -2.15. The van der Waals surface area contributed by atoms with Crippen molar-refractivity contribution in [2.75, 3.05) is 18.0 Å². The summed E-state index contributed by atoms with van der Waals surface area (Å²) in [5.74, 6) is 0.984. The second-order valence-electron chi connectivity index (χ2n) is 3.06. The molecule has 1 fully saturated rings. The van der Waals surface area contributed by atoms with E-state index in [9.17, 15) is 0 Å². The SMILES string of the molecule is Cl.Cl.NC1CCN(c2ccncn2)C1. The first-order valence-corrected chi connectivity index (χ1v) is 4.13. The minimum absolute atomic E-state index is 0. The van der Waals surface area contributed by atoms with E-state index in [4.69, 9.17) is 5.73 Å².